The number of carbonyl (C=O) groups is 1. The van der Waals surface area contributed by atoms with Gasteiger partial charge >= 0.3 is 5.97 Å². The molecule has 1 aliphatic heterocycles. The van der Waals surface area contributed by atoms with Crippen LogP contribution in [-0.2, 0) is 31.5 Å². The number of esters is 1. The highest BCUT2D eigenvalue weighted by molar-refractivity contribution is 7.89. The van der Waals surface area contributed by atoms with E-state index in [0.717, 1.165) is 42.4 Å². The van der Waals surface area contributed by atoms with E-state index in [9.17, 15) is 13.2 Å². The van der Waals surface area contributed by atoms with E-state index in [1.807, 2.05) is 0 Å². The van der Waals surface area contributed by atoms with Crippen LogP contribution < -0.4 is 4.74 Å². The quantitative estimate of drug-likeness (QED) is 0.352. The van der Waals surface area contributed by atoms with Crippen LogP contribution in [0.5, 0.6) is 5.75 Å². The van der Waals surface area contributed by atoms with Gasteiger partial charge < -0.3 is 9.47 Å². The normalized spacial score (nSPS) is 16.8. The molecule has 1 spiro atoms. The largest absolute Gasteiger partial charge is 0.482 e. The van der Waals surface area contributed by atoms with Gasteiger partial charge in [-0.3, -0.25) is 0 Å². The zero-order valence-electron chi connectivity index (χ0n) is 22.3. The molecule has 0 atom stereocenters. The molecule has 1 heterocycles. The lowest BCUT2D eigenvalue weighted by Crippen LogP contribution is -2.46. The predicted octanol–water partition coefficient (Wildman–Crippen LogP) is 5.93. The van der Waals surface area contributed by atoms with Gasteiger partial charge in [0.25, 0.3) is 0 Å². The van der Waals surface area contributed by atoms with Gasteiger partial charge in [-0.25, -0.2) is 13.2 Å². The summed E-state index contributed by atoms with van der Waals surface area (Å²) in [5.74, 6) is 0.0124. The summed E-state index contributed by atoms with van der Waals surface area (Å²) < 4.78 is 40.0. The minimum atomic E-state index is -3.74. The Balaban J connectivity index is 1.45. The Labute approximate surface area is 225 Å². The summed E-state index contributed by atoms with van der Waals surface area (Å²) in [5.41, 5.74) is 6.35. The molecular formula is C31H35NO5S. The smallest absolute Gasteiger partial charge is 0.344 e. The van der Waals surface area contributed by atoms with Crippen molar-refractivity contribution in [1.29, 1.82) is 0 Å². The van der Waals surface area contributed by atoms with E-state index in [1.165, 1.54) is 11.1 Å². The van der Waals surface area contributed by atoms with Crippen LogP contribution in [0.15, 0.2) is 65.6 Å². The molecular weight excluding hydrogens is 498 g/mol. The van der Waals surface area contributed by atoms with Crippen molar-refractivity contribution >= 4 is 16.0 Å². The van der Waals surface area contributed by atoms with Crippen LogP contribution in [0, 0.1) is 13.8 Å². The third-order valence-electron chi connectivity index (χ3n) is 7.88. The van der Waals surface area contributed by atoms with Gasteiger partial charge in [0.2, 0.25) is 10.0 Å². The van der Waals surface area contributed by atoms with Crippen LogP contribution in [0.3, 0.4) is 0 Å². The number of benzene rings is 3. The molecule has 38 heavy (non-hydrogen) atoms. The van der Waals surface area contributed by atoms with Crippen molar-refractivity contribution < 1.29 is 22.7 Å². The van der Waals surface area contributed by atoms with Crippen molar-refractivity contribution in [3.8, 4) is 16.9 Å². The summed E-state index contributed by atoms with van der Waals surface area (Å²) in [6.07, 6.45) is 4.21. The second-order valence-corrected chi connectivity index (χ2v) is 12.5. The lowest BCUT2D eigenvalue weighted by atomic mass is 9.74. The Kier molecular flexibility index (Phi) is 7.34. The number of nitrogens with zero attached hydrogens (tertiary/aromatic N) is 1. The number of fused-ring (bicyclic) bond motifs is 2. The first-order valence-electron chi connectivity index (χ1n) is 13.3. The molecule has 0 unspecified atom stereocenters. The maximum Gasteiger partial charge on any atom is 0.344 e. The predicted molar refractivity (Wildman–Crippen MR) is 148 cm³/mol. The fourth-order valence-corrected chi connectivity index (χ4v) is 7.51. The Hall–Kier alpha value is -3.16. The Morgan fingerprint density at radius 1 is 0.947 bits per heavy atom. The van der Waals surface area contributed by atoms with Crippen molar-refractivity contribution in [1.82, 2.24) is 4.31 Å². The average molecular weight is 534 g/mol. The number of hydrogen-bond donors (Lipinski definition) is 0. The van der Waals surface area contributed by atoms with E-state index in [2.05, 4.69) is 49.4 Å². The molecule has 5 rings (SSSR count). The fraction of sp³-hybridized carbons (Fsp3) is 0.387. The van der Waals surface area contributed by atoms with Crippen molar-refractivity contribution in [2.45, 2.75) is 63.3 Å². The Bertz CT molecular complexity index is 1440. The van der Waals surface area contributed by atoms with E-state index >= 15 is 0 Å². The van der Waals surface area contributed by atoms with E-state index < -0.39 is 16.0 Å². The molecule has 0 aromatic heterocycles. The molecule has 0 amide bonds. The minimum Gasteiger partial charge on any atom is -0.482 e. The highest BCUT2D eigenvalue weighted by Gasteiger charge is 2.45. The second kappa shape index (κ2) is 10.5. The number of aryl methyl sites for hydroxylation is 2. The molecule has 2 aliphatic rings. The Morgan fingerprint density at radius 3 is 2.34 bits per heavy atom. The SMILES string of the molecule is CCOC(=O)COc1ccc(S(=O)(=O)N2Cc3cc(-c4ccc(C)cc4)ccc3C3(CCCC3)C2)cc1C. The number of ether oxygens (including phenoxy) is 2. The van der Waals surface area contributed by atoms with Crippen LogP contribution in [0.2, 0.25) is 0 Å². The molecule has 1 fully saturated rings. The van der Waals surface area contributed by atoms with Gasteiger partial charge in [-0.1, -0.05) is 54.8 Å². The zero-order valence-corrected chi connectivity index (χ0v) is 23.1. The van der Waals surface area contributed by atoms with Crippen molar-refractivity contribution in [2.24, 2.45) is 0 Å². The maximum atomic E-state index is 14.0. The van der Waals surface area contributed by atoms with Crippen molar-refractivity contribution in [3.63, 3.8) is 0 Å². The lowest BCUT2D eigenvalue weighted by molar-refractivity contribution is -0.145. The molecule has 3 aromatic rings. The van der Waals surface area contributed by atoms with E-state index in [-0.39, 0.29) is 23.5 Å². The molecule has 0 N–H and O–H groups in total. The first-order chi connectivity index (χ1) is 18.2. The molecule has 0 bridgehead atoms. The summed E-state index contributed by atoms with van der Waals surface area (Å²) in [4.78, 5) is 11.9. The summed E-state index contributed by atoms with van der Waals surface area (Å²) in [7, 11) is -3.74. The minimum absolute atomic E-state index is 0.149. The maximum absolute atomic E-state index is 14.0. The third-order valence-corrected chi connectivity index (χ3v) is 9.67. The van der Waals surface area contributed by atoms with Gasteiger partial charge in [0, 0.05) is 18.5 Å². The topological polar surface area (TPSA) is 72.9 Å². The van der Waals surface area contributed by atoms with Crippen molar-refractivity contribution in [2.75, 3.05) is 19.8 Å². The van der Waals surface area contributed by atoms with Gasteiger partial charge in [-0.15, -0.1) is 0 Å². The molecule has 7 heteroatoms. The number of sulfonamides is 1. The first kappa shape index (κ1) is 26.4. The van der Waals surface area contributed by atoms with Crippen LogP contribution >= 0.6 is 0 Å². The Morgan fingerprint density at radius 2 is 1.66 bits per heavy atom. The monoisotopic (exact) mass is 533 g/mol. The lowest BCUT2D eigenvalue weighted by Gasteiger charge is -2.41. The number of rotatable bonds is 7. The van der Waals surface area contributed by atoms with Gasteiger partial charge in [0.15, 0.2) is 6.61 Å². The molecule has 0 saturated heterocycles. The molecule has 1 aliphatic carbocycles. The third kappa shape index (κ3) is 5.09. The van der Waals surface area contributed by atoms with E-state index in [4.69, 9.17) is 9.47 Å². The summed E-state index contributed by atoms with van der Waals surface area (Å²) in [5, 5.41) is 0. The zero-order chi connectivity index (χ0) is 26.9. The van der Waals surface area contributed by atoms with Crippen molar-refractivity contribution in [3.05, 3.63) is 82.9 Å². The summed E-state index contributed by atoms with van der Waals surface area (Å²) >= 11 is 0. The summed E-state index contributed by atoms with van der Waals surface area (Å²) in [6, 6.07) is 19.9. The second-order valence-electron chi connectivity index (χ2n) is 10.5. The number of hydrogen-bond acceptors (Lipinski definition) is 5. The summed E-state index contributed by atoms with van der Waals surface area (Å²) in [6.45, 7) is 6.51. The first-order valence-corrected chi connectivity index (χ1v) is 14.8. The van der Waals surface area contributed by atoms with E-state index in [1.54, 1.807) is 36.4 Å². The van der Waals surface area contributed by atoms with E-state index in [0.29, 0.717) is 24.4 Å². The van der Waals surface area contributed by atoms with Gasteiger partial charge in [0.05, 0.1) is 11.5 Å². The highest BCUT2D eigenvalue weighted by Crippen LogP contribution is 2.47. The van der Waals surface area contributed by atoms with Gasteiger partial charge in [0.1, 0.15) is 5.75 Å². The van der Waals surface area contributed by atoms with Crippen LogP contribution in [0.4, 0.5) is 0 Å². The standard InChI is InChI=1S/C31H35NO5S/c1-4-36-30(33)20-37-29-14-12-27(17-23(29)3)38(34,35)32-19-26-18-25(24-9-7-22(2)8-10-24)11-13-28(26)31(21-32)15-5-6-16-31/h7-14,17-18H,4-6,15-16,19-21H2,1-3H3. The van der Waals surface area contributed by atoms with Crippen LogP contribution in [-0.4, -0.2) is 38.5 Å². The molecule has 6 nitrogen and oxygen atoms in total. The fourth-order valence-electron chi connectivity index (χ4n) is 5.92. The molecule has 3 aromatic carbocycles. The number of carbonyl (C=O) groups excluding carboxylic acids is 1. The van der Waals surface area contributed by atoms with Crippen LogP contribution in [0.1, 0.15) is 54.9 Å². The highest BCUT2D eigenvalue weighted by atomic mass is 32.2. The van der Waals surface area contributed by atoms with Gasteiger partial charge in [-0.2, -0.15) is 4.31 Å². The molecule has 0 radical (unpaired) electrons. The van der Waals surface area contributed by atoms with Crippen LogP contribution in [0.25, 0.3) is 11.1 Å². The average Bonchev–Trinajstić information content (AvgIpc) is 3.36. The molecule has 1 saturated carbocycles. The molecule has 200 valence electrons. The van der Waals surface area contributed by atoms with Gasteiger partial charge in [-0.05, 0) is 85.7 Å².